The molecule has 7 nitrogen and oxygen atoms in total. The predicted octanol–water partition coefficient (Wildman–Crippen LogP) is 5.75. The van der Waals surface area contributed by atoms with E-state index >= 15 is 0 Å². The lowest BCUT2D eigenvalue weighted by Crippen LogP contribution is -2.48. The molecule has 4 aliphatic rings. The number of benzene rings is 2. The zero-order valence-corrected chi connectivity index (χ0v) is 22.1. The summed E-state index contributed by atoms with van der Waals surface area (Å²) in [6, 6.07) is 12.5. The average Bonchev–Trinajstić information content (AvgIpc) is 2.91. The first-order valence-corrected chi connectivity index (χ1v) is 13.5. The number of methoxy groups -OCH3 is 1. The van der Waals surface area contributed by atoms with Crippen LogP contribution in [0.2, 0.25) is 0 Å². The summed E-state index contributed by atoms with van der Waals surface area (Å²) in [5.41, 5.74) is 2.82. The van der Waals surface area contributed by atoms with Crippen molar-refractivity contribution in [2.45, 2.75) is 43.9 Å². The Labute approximate surface area is 224 Å². The van der Waals surface area contributed by atoms with Crippen LogP contribution in [0.5, 0.6) is 5.75 Å². The highest BCUT2D eigenvalue weighted by atomic mass is 16.7. The van der Waals surface area contributed by atoms with Crippen molar-refractivity contribution < 1.29 is 28.5 Å². The molecule has 0 atom stereocenters. The van der Waals surface area contributed by atoms with Crippen LogP contribution in [0.25, 0.3) is 0 Å². The van der Waals surface area contributed by atoms with Crippen molar-refractivity contribution in [3.8, 4) is 5.75 Å². The quantitative estimate of drug-likeness (QED) is 0.166. The van der Waals surface area contributed by atoms with Crippen LogP contribution in [-0.4, -0.2) is 45.6 Å². The molecule has 0 heterocycles. The Kier molecular flexibility index (Phi) is 8.15. The molecular weight excluding hydrogens is 482 g/mol. The summed E-state index contributed by atoms with van der Waals surface area (Å²) in [7, 11) is 1.64. The number of rotatable bonds is 12. The summed E-state index contributed by atoms with van der Waals surface area (Å²) in [4.78, 5) is 25.3. The standard InChI is InChI=1S/C31H37NO6/c1-3-10-37-30(34)24-4-7-26(8-5-24)32-29(33)25-6-9-28(38-20-36-12-11-35-2)27(16-25)31-17-21-13-22(18-31)15-23(14-21)19-31/h3-9,16,21-23H,1,10-15,17-20H2,2H3,(H,32,33). The van der Waals surface area contributed by atoms with Crippen molar-refractivity contribution in [1.29, 1.82) is 0 Å². The zero-order chi connectivity index (χ0) is 26.5. The van der Waals surface area contributed by atoms with Crippen LogP contribution in [0.4, 0.5) is 5.69 Å². The van der Waals surface area contributed by atoms with Gasteiger partial charge in [0.2, 0.25) is 0 Å². The predicted molar refractivity (Wildman–Crippen MR) is 144 cm³/mol. The number of anilines is 1. The Morgan fingerprint density at radius 1 is 0.974 bits per heavy atom. The topological polar surface area (TPSA) is 83.1 Å². The maximum atomic E-state index is 13.3. The molecule has 2 aromatic rings. The number of ether oxygens (including phenoxy) is 4. The van der Waals surface area contributed by atoms with Gasteiger partial charge in [-0.3, -0.25) is 4.79 Å². The lowest BCUT2D eigenvalue weighted by atomic mass is 9.48. The van der Waals surface area contributed by atoms with Crippen molar-refractivity contribution in [2.24, 2.45) is 17.8 Å². The van der Waals surface area contributed by atoms with E-state index in [0.29, 0.717) is 30.0 Å². The molecule has 1 amide bonds. The summed E-state index contributed by atoms with van der Waals surface area (Å²) < 4.78 is 21.8. The van der Waals surface area contributed by atoms with Gasteiger partial charge in [-0.1, -0.05) is 12.7 Å². The minimum atomic E-state index is -0.426. The minimum Gasteiger partial charge on any atom is -0.467 e. The van der Waals surface area contributed by atoms with E-state index in [9.17, 15) is 9.59 Å². The van der Waals surface area contributed by atoms with Crippen LogP contribution >= 0.6 is 0 Å². The zero-order valence-electron chi connectivity index (χ0n) is 22.1. The number of carbonyl (C=O) groups is 2. The van der Waals surface area contributed by atoms with Crippen LogP contribution < -0.4 is 10.1 Å². The minimum absolute atomic E-state index is 0.0559. The molecule has 0 saturated heterocycles. The molecule has 0 aliphatic heterocycles. The number of nitrogens with one attached hydrogen (secondary N) is 1. The number of esters is 1. The number of hydrogen-bond acceptors (Lipinski definition) is 6. The van der Waals surface area contributed by atoms with Crippen LogP contribution in [0, 0.1) is 17.8 Å². The summed E-state index contributed by atoms with van der Waals surface area (Å²) in [6.45, 7) is 4.83. The number of carbonyl (C=O) groups excluding carboxylic acids is 2. The van der Waals surface area contributed by atoms with E-state index in [4.69, 9.17) is 18.9 Å². The van der Waals surface area contributed by atoms with E-state index in [1.54, 1.807) is 31.4 Å². The van der Waals surface area contributed by atoms with Crippen molar-refractivity contribution in [2.75, 3.05) is 39.0 Å². The van der Waals surface area contributed by atoms with Gasteiger partial charge in [0, 0.05) is 23.9 Å². The Morgan fingerprint density at radius 2 is 1.63 bits per heavy atom. The van der Waals surface area contributed by atoms with Gasteiger partial charge in [0.1, 0.15) is 12.4 Å². The summed E-state index contributed by atoms with van der Waals surface area (Å²) in [6.07, 6.45) is 9.03. The van der Waals surface area contributed by atoms with Gasteiger partial charge in [-0.25, -0.2) is 4.79 Å². The molecule has 4 bridgehead atoms. The van der Waals surface area contributed by atoms with E-state index in [0.717, 1.165) is 48.3 Å². The van der Waals surface area contributed by atoms with Crippen molar-refractivity contribution in [3.05, 3.63) is 71.8 Å². The van der Waals surface area contributed by atoms with Crippen molar-refractivity contribution in [1.82, 2.24) is 0 Å². The monoisotopic (exact) mass is 519 g/mol. The van der Waals surface area contributed by atoms with E-state index in [1.165, 1.54) is 25.3 Å². The molecule has 0 aromatic heterocycles. The van der Waals surface area contributed by atoms with Crippen molar-refractivity contribution >= 4 is 17.6 Å². The molecule has 202 valence electrons. The normalized spacial score (nSPS) is 25.1. The molecule has 4 saturated carbocycles. The van der Waals surface area contributed by atoms with Gasteiger partial charge in [-0.2, -0.15) is 0 Å². The SMILES string of the molecule is C=CCOC(=O)c1ccc(NC(=O)c2ccc(OCOCCOC)c(C34CC5CC(CC(C5)C3)C4)c2)cc1. The van der Waals surface area contributed by atoms with E-state index < -0.39 is 5.97 Å². The maximum absolute atomic E-state index is 13.3. The summed E-state index contributed by atoms with van der Waals surface area (Å²) in [5.74, 6) is 2.48. The first kappa shape index (κ1) is 26.4. The molecule has 0 spiro atoms. The molecular formula is C31H37NO6. The Bertz CT molecular complexity index is 1120. The van der Waals surface area contributed by atoms with Crippen LogP contribution in [0.3, 0.4) is 0 Å². The third kappa shape index (κ3) is 5.79. The second-order valence-electron chi connectivity index (χ2n) is 11.0. The summed E-state index contributed by atoms with van der Waals surface area (Å²) >= 11 is 0. The second-order valence-corrected chi connectivity index (χ2v) is 11.0. The molecule has 38 heavy (non-hydrogen) atoms. The van der Waals surface area contributed by atoms with Crippen molar-refractivity contribution in [3.63, 3.8) is 0 Å². The Morgan fingerprint density at radius 3 is 2.26 bits per heavy atom. The molecule has 1 N–H and O–H groups in total. The Balaban J connectivity index is 1.34. The van der Waals surface area contributed by atoms with Gasteiger partial charge in [0.05, 0.1) is 18.8 Å². The van der Waals surface area contributed by atoms with Gasteiger partial charge in [-0.15, -0.1) is 0 Å². The highest BCUT2D eigenvalue weighted by molar-refractivity contribution is 6.04. The fourth-order valence-corrected chi connectivity index (χ4v) is 7.07. The lowest BCUT2D eigenvalue weighted by Gasteiger charge is -2.57. The van der Waals surface area contributed by atoms with Gasteiger partial charge in [0.15, 0.2) is 6.79 Å². The molecule has 0 radical (unpaired) electrons. The van der Waals surface area contributed by atoms with Gasteiger partial charge >= 0.3 is 5.97 Å². The number of hydrogen-bond donors (Lipinski definition) is 1. The average molecular weight is 520 g/mol. The van der Waals surface area contributed by atoms with Gasteiger partial charge < -0.3 is 24.3 Å². The maximum Gasteiger partial charge on any atom is 0.338 e. The summed E-state index contributed by atoms with van der Waals surface area (Å²) in [5, 5.41) is 2.97. The number of amides is 1. The molecule has 6 rings (SSSR count). The van der Waals surface area contributed by atoms with Crippen LogP contribution in [-0.2, 0) is 19.6 Å². The Hall–Kier alpha value is -3.16. The fourth-order valence-electron chi connectivity index (χ4n) is 7.07. The molecule has 7 heteroatoms. The molecule has 0 unspecified atom stereocenters. The van der Waals surface area contributed by atoms with Crippen LogP contribution in [0.1, 0.15) is 64.8 Å². The first-order chi connectivity index (χ1) is 18.5. The van der Waals surface area contributed by atoms with E-state index in [-0.39, 0.29) is 24.7 Å². The lowest BCUT2D eigenvalue weighted by molar-refractivity contribution is -0.0189. The highest BCUT2D eigenvalue weighted by Crippen LogP contribution is 2.62. The first-order valence-electron chi connectivity index (χ1n) is 13.5. The highest BCUT2D eigenvalue weighted by Gasteiger charge is 2.52. The van der Waals surface area contributed by atoms with Crippen LogP contribution in [0.15, 0.2) is 55.1 Å². The third-order valence-corrected chi connectivity index (χ3v) is 8.29. The third-order valence-electron chi connectivity index (χ3n) is 8.29. The largest absolute Gasteiger partial charge is 0.467 e. The van der Waals surface area contributed by atoms with E-state index in [1.807, 2.05) is 18.2 Å². The van der Waals surface area contributed by atoms with Gasteiger partial charge in [0.25, 0.3) is 5.91 Å². The molecule has 2 aromatic carbocycles. The fraction of sp³-hybridized carbons (Fsp3) is 0.484. The van der Waals surface area contributed by atoms with Gasteiger partial charge in [-0.05, 0) is 104 Å². The molecule has 4 fully saturated rings. The second kappa shape index (κ2) is 11.7. The van der Waals surface area contributed by atoms with E-state index in [2.05, 4.69) is 11.9 Å². The molecule has 4 aliphatic carbocycles. The smallest absolute Gasteiger partial charge is 0.338 e.